The van der Waals surface area contributed by atoms with Gasteiger partial charge in [-0.1, -0.05) is 6.92 Å². The van der Waals surface area contributed by atoms with E-state index in [1.807, 2.05) is 6.92 Å². The SMILES string of the molecule is CCC(C)NC(O)c1c(F)cc(F)cc1F. The van der Waals surface area contributed by atoms with E-state index in [1.165, 1.54) is 0 Å². The maximum Gasteiger partial charge on any atom is 0.137 e. The quantitative estimate of drug-likeness (QED) is 0.783. The molecule has 1 rings (SSSR count). The van der Waals surface area contributed by atoms with Crippen LogP contribution in [0.3, 0.4) is 0 Å². The maximum absolute atomic E-state index is 13.2. The Hall–Kier alpha value is -1.07. The normalized spacial score (nSPS) is 14.9. The molecule has 0 saturated carbocycles. The van der Waals surface area contributed by atoms with Crippen molar-refractivity contribution in [3.63, 3.8) is 0 Å². The molecule has 16 heavy (non-hydrogen) atoms. The summed E-state index contributed by atoms with van der Waals surface area (Å²) in [7, 11) is 0. The molecule has 1 aromatic rings. The van der Waals surface area contributed by atoms with Crippen molar-refractivity contribution in [2.45, 2.75) is 32.5 Å². The molecule has 5 heteroatoms. The second kappa shape index (κ2) is 5.32. The lowest BCUT2D eigenvalue weighted by atomic mass is 10.1. The Labute approximate surface area is 92.1 Å². The van der Waals surface area contributed by atoms with E-state index in [1.54, 1.807) is 6.92 Å². The number of aliphatic hydroxyl groups excluding tert-OH is 1. The fourth-order valence-electron chi connectivity index (χ4n) is 1.29. The van der Waals surface area contributed by atoms with Crippen LogP contribution >= 0.6 is 0 Å². The molecule has 0 aromatic heterocycles. The van der Waals surface area contributed by atoms with Gasteiger partial charge in [0.05, 0.1) is 5.56 Å². The number of halogens is 3. The number of hydrogen-bond donors (Lipinski definition) is 2. The van der Waals surface area contributed by atoms with Gasteiger partial charge in [0.25, 0.3) is 0 Å². The van der Waals surface area contributed by atoms with Crippen molar-refractivity contribution in [3.05, 3.63) is 35.1 Å². The average Bonchev–Trinajstić information content (AvgIpc) is 2.15. The maximum atomic E-state index is 13.2. The lowest BCUT2D eigenvalue weighted by Gasteiger charge is -2.19. The molecule has 0 heterocycles. The van der Waals surface area contributed by atoms with Crippen molar-refractivity contribution in [1.82, 2.24) is 5.32 Å². The highest BCUT2D eigenvalue weighted by Crippen LogP contribution is 2.20. The number of benzene rings is 1. The second-order valence-electron chi connectivity index (χ2n) is 3.66. The first kappa shape index (κ1) is 13.0. The third-order valence-corrected chi connectivity index (χ3v) is 2.37. The fraction of sp³-hybridized carbons (Fsp3) is 0.455. The summed E-state index contributed by atoms with van der Waals surface area (Å²) in [6, 6.07) is 0.985. The van der Waals surface area contributed by atoms with Gasteiger partial charge in [0, 0.05) is 18.2 Å². The van der Waals surface area contributed by atoms with Gasteiger partial charge >= 0.3 is 0 Å². The molecular formula is C11H14F3NO. The molecule has 2 atom stereocenters. The monoisotopic (exact) mass is 233 g/mol. The van der Waals surface area contributed by atoms with E-state index >= 15 is 0 Å². The zero-order valence-corrected chi connectivity index (χ0v) is 9.10. The molecule has 0 amide bonds. The minimum Gasteiger partial charge on any atom is -0.374 e. The van der Waals surface area contributed by atoms with Crippen molar-refractivity contribution in [3.8, 4) is 0 Å². The van der Waals surface area contributed by atoms with Crippen molar-refractivity contribution < 1.29 is 18.3 Å². The van der Waals surface area contributed by atoms with Gasteiger partial charge in [-0.15, -0.1) is 0 Å². The summed E-state index contributed by atoms with van der Waals surface area (Å²) in [4.78, 5) is 0. The van der Waals surface area contributed by atoms with Gasteiger partial charge in [0.1, 0.15) is 23.7 Å². The van der Waals surface area contributed by atoms with E-state index in [-0.39, 0.29) is 6.04 Å². The van der Waals surface area contributed by atoms with Crippen LogP contribution in [0.25, 0.3) is 0 Å². The minimum atomic E-state index is -1.48. The van der Waals surface area contributed by atoms with E-state index in [0.717, 1.165) is 0 Å². The summed E-state index contributed by atoms with van der Waals surface area (Å²) in [5.74, 6) is -3.20. The second-order valence-corrected chi connectivity index (χ2v) is 3.66. The molecule has 0 bridgehead atoms. The smallest absolute Gasteiger partial charge is 0.137 e. The van der Waals surface area contributed by atoms with Crippen LogP contribution < -0.4 is 5.32 Å². The fourth-order valence-corrected chi connectivity index (χ4v) is 1.29. The highest BCUT2D eigenvalue weighted by atomic mass is 19.1. The Bertz CT molecular complexity index is 347. The van der Waals surface area contributed by atoms with Crippen molar-refractivity contribution in [2.24, 2.45) is 0 Å². The summed E-state index contributed by atoms with van der Waals surface area (Å²) >= 11 is 0. The number of aliphatic hydroxyl groups is 1. The molecule has 1 aromatic carbocycles. The summed E-state index contributed by atoms with van der Waals surface area (Å²) < 4.78 is 39.1. The molecule has 0 aliphatic heterocycles. The van der Waals surface area contributed by atoms with Crippen LogP contribution in [0.4, 0.5) is 13.2 Å². The lowest BCUT2D eigenvalue weighted by Crippen LogP contribution is -2.31. The van der Waals surface area contributed by atoms with Gasteiger partial charge < -0.3 is 5.11 Å². The van der Waals surface area contributed by atoms with Crippen LogP contribution in [0.15, 0.2) is 12.1 Å². The predicted molar refractivity (Wildman–Crippen MR) is 54.2 cm³/mol. The predicted octanol–water partition coefficient (Wildman–Crippen LogP) is 2.48. The Morgan fingerprint density at radius 2 is 1.75 bits per heavy atom. The van der Waals surface area contributed by atoms with Crippen LogP contribution in [0.1, 0.15) is 32.1 Å². The van der Waals surface area contributed by atoms with E-state index in [4.69, 9.17) is 0 Å². The zero-order chi connectivity index (χ0) is 12.3. The first-order valence-corrected chi connectivity index (χ1v) is 5.04. The molecule has 90 valence electrons. The van der Waals surface area contributed by atoms with Crippen LogP contribution in [0, 0.1) is 17.5 Å². The van der Waals surface area contributed by atoms with E-state index in [2.05, 4.69) is 5.32 Å². The molecule has 2 unspecified atom stereocenters. The lowest BCUT2D eigenvalue weighted by molar-refractivity contribution is 0.117. The van der Waals surface area contributed by atoms with Gasteiger partial charge in [-0.3, -0.25) is 5.32 Å². The molecule has 0 saturated heterocycles. The van der Waals surface area contributed by atoms with Crippen molar-refractivity contribution >= 4 is 0 Å². The van der Waals surface area contributed by atoms with Gasteiger partial charge in [0.2, 0.25) is 0 Å². The van der Waals surface area contributed by atoms with Gasteiger partial charge in [-0.05, 0) is 13.3 Å². The molecule has 0 aliphatic rings. The number of nitrogens with one attached hydrogen (secondary N) is 1. The van der Waals surface area contributed by atoms with Crippen LogP contribution in [0.2, 0.25) is 0 Å². The average molecular weight is 233 g/mol. The molecule has 0 fully saturated rings. The third kappa shape index (κ3) is 2.96. The summed E-state index contributed by atoms with van der Waals surface area (Å²) in [5, 5.41) is 12.2. The number of hydrogen-bond acceptors (Lipinski definition) is 2. The van der Waals surface area contributed by atoms with Gasteiger partial charge in [-0.25, -0.2) is 13.2 Å². The Balaban J connectivity index is 2.95. The Morgan fingerprint density at radius 1 is 1.25 bits per heavy atom. The summed E-state index contributed by atoms with van der Waals surface area (Å²) in [6.45, 7) is 3.63. The first-order chi connectivity index (χ1) is 7.45. The number of rotatable bonds is 4. The Morgan fingerprint density at radius 3 is 2.19 bits per heavy atom. The van der Waals surface area contributed by atoms with E-state index in [9.17, 15) is 18.3 Å². The van der Waals surface area contributed by atoms with Crippen LogP contribution in [-0.2, 0) is 0 Å². The molecule has 2 nitrogen and oxygen atoms in total. The molecule has 0 aliphatic carbocycles. The van der Waals surface area contributed by atoms with Gasteiger partial charge in [-0.2, -0.15) is 0 Å². The van der Waals surface area contributed by atoms with Gasteiger partial charge in [0.15, 0.2) is 0 Å². The van der Waals surface area contributed by atoms with Crippen LogP contribution in [0.5, 0.6) is 0 Å². The topological polar surface area (TPSA) is 32.3 Å². The largest absolute Gasteiger partial charge is 0.374 e. The summed E-state index contributed by atoms with van der Waals surface area (Å²) in [6.07, 6.45) is -0.780. The van der Waals surface area contributed by atoms with E-state index < -0.39 is 29.2 Å². The molecular weight excluding hydrogens is 219 g/mol. The van der Waals surface area contributed by atoms with Crippen molar-refractivity contribution in [1.29, 1.82) is 0 Å². The van der Waals surface area contributed by atoms with Crippen LogP contribution in [-0.4, -0.2) is 11.1 Å². The standard InChI is InChI=1S/C11H14F3NO/c1-3-6(2)15-11(16)10-8(13)4-7(12)5-9(10)14/h4-6,11,15-16H,3H2,1-2H3. The highest BCUT2D eigenvalue weighted by molar-refractivity contribution is 5.22. The molecule has 0 radical (unpaired) electrons. The highest BCUT2D eigenvalue weighted by Gasteiger charge is 2.20. The third-order valence-electron chi connectivity index (χ3n) is 2.37. The zero-order valence-electron chi connectivity index (χ0n) is 9.10. The van der Waals surface area contributed by atoms with E-state index in [0.29, 0.717) is 18.6 Å². The van der Waals surface area contributed by atoms with Crippen molar-refractivity contribution in [2.75, 3.05) is 0 Å². The minimum absolute atomic E-state index is 0.0983. The Kier molecular flexibility index (Phi) is 4.32. The first-order valence-electron chi connectivity index (χ1n) is 5.04. The summed E-state index contributed by atoms with van der Waals surface area (Å²) in [5.41, 5.74) is -0.554. The molecule has 2 N–H and O–H groups in total. The molecule has 0 spiro atoms.